The molecule has 0 bridgehead atoms. The minimum Gasteiger partial charge on any atom is -0.497 e. The molecule has 0 amide bonds. The molecule has 2 rings (SSSR count). The summed E-state index contributed by atoms with van der Waals surface area (Å²) >= 11 is 3.55. The molecule has 0 unspecified atom stereocenters. The van der Waals surface area contributed by atoms with Crippen LogP contribution in [0.25, 0.3) is 0 Å². The number of esters is 1. The third kappa shape index (κ3) is 3.69. The monoisotopic (exact) mass is 362 g/mol. The Hall–Kier alpha value is -1.81. The van der Waals surface area contributed by atoms with Crippen LogP contribution in [0.3, 0.4) is 0 Å². The molecule has 0 heterocycles. The topological polar surface area (TPSA) is 35.5 Å². The van der Waals surface area contributed by atoms with E-state index in [1.54, 1.807) is 31.4 Å². The molecule has 0 fully saturated rings. The zero-order valence-electron chi connectivity index (χ0n) is 13.1. The highest BCUT2D eigenvalue weighted by Gasteiger charge is 2.14. The third-order valence-corrected chi connectivity index (χ3v) is 4.13. The molecule has 2 aromatic carbocycles. The van der Waals surface area contributed by atoms with Crippen molar-refractivity contribution in [1.82, 2.24) is 0 Å². The van der Waals surface area contributed by atoms with Gasteiger partial charge in [0.15, 0.2) is 0 Å². The van der Waals surface area contributed by atoms with Crippen LogP contribution in [0.5, 0.6) is 11.5 Å². The zero-order valence-corrected chi connectivity index (χ0v) is 14.7. The Morgan fingerprint density at radius 2 is 1.77 bits per heavy atom. The van der Waals surface area contributed by atoms with Crippen molar-refractivity contribution in [3.63, 3.8) is 0 Å². The highest BCUT2D eigenvalue weighted by atomic mass is 79.9. The van der Waals surface area contributed by atoms with Crippen molar-refractivity contribution in [2.24, 2.45) is 0 Å². The van der Waals surface area contributed by atoms with Gasteiger partial charge < -0.3 is 9.47 Å². The summed E-state index contributed by atoms with van der Waals surface area (Å²) in [6.07, 6.45) is 0. The minimum atomic E-state index is -0.372. The Labute approximate surface area is 139 Å². The highest BCUT2D eigenvalue weighted by molar-refractivity contribution is 9.10. The molecule has 0 atom stereocenters. The summed E-state index contributed by atoms with van der Waals surface area (Å²) in [6.45, 7) is 6.13. The van der Waals surface area contributed by atoms with Crippen LogP contribution in [0.2, 0.25) is 0 Å². The van der Waals surface area contributed by atoms with E-state index in [1.807, 2.05) is 19.1 Å². The number of ether oxygens (including phenoxy) is 2. The second-order valence-electron chi connectivity index (χ2n) is 5.41. The zero-order chi connectivity index (χ0) is 16.3. The van der Waals surface area contributed by atoms with E-state index in [4.69, 9.17) is 9.47 Å². The first-order chi connectivity index (χ1) is 10.4. The maximum atomic E-state index is 12.3. The van der Waals surface area contributed by atoms with Crippen molar-refractivity contribution in [1.29, 1.82) is 0 Å². The van der Waals surface area contributed by atoms with E-state index >= 15 is 0 Å². The SMILES string of the molecule is COc1ccc(C(=O)Oc2cc(C(C)C)c(Br)cc2C)cc1. The number of aryl methyl sites for hydroxylation is 1. The van der Waals surface area contributed by atoms with Crippen LogP contribution in [0, 0.1) is 6.92 Å². The number of hydrogen-bond acceptors (Lipinski definition) is 3. The largest absolute Gasteiger partial charge is 0.497 e. The summed E-state index contributed by atoms with van der Waals surface area (Å²) in [4.78, 5) is 12.3. The van der Waals surface area contributed by atoms with Crippen LogP contribution in [0.1, 0.15) is 41.3 Å². The van der Waals surface area contributed by atoms with Gasteiger partial charge in [0.2, 0.25) is 0 Å². The van der Waals surface area contributed by atoms with Gasteiger partial charge in [0.25, 0.3) is 0 Å². The Kier molecular flexibility index (Phi) is 5.24. The summed E-state index contributed by atoms with van der Waals surface area (Å²) in [6, 6.07) is 10.8. The molecule has 116 valence electrons. The lowest BCUT2D eigenvalue weighted by Gasteiger charge is -2.14. The molecular weight excluding hydrogens is 344 g/mol. The van der Waals surface area contributed by atoms with E-state index in [0.29, 0.717) is 23.0 Å². The lowest BCUT2D eigenvalue weighted by atomic mass is 10.0. The fourth-order valence-electron chi connectivity index (χ4n) is 2.11. The highest BCUT2D eigenvalue weighted by Crippen LogP contribution is 2.32. The van der Waals surface area contributed by atoms with E-state index < -0.39 is 0 Å². The molecule has 4 heteroatoms. The van der Waals surface area contributed by atoms with E-state index in [2.05, 4.69) is 29.8 Å². The normalized spacial score (nSPS) is 10.6. The molecule has 0 spiro atoms. The molecule has 3 nitrogen and oxygen atoms in total. The van der Waals surface area contributed by atoms with Crippen molar-refractivity contribution < 1.29 is 14.3 Å². The van der Waals surface area contributed by atoms with Crippen molar-refractivity contribution in [3.05, 3.63) is 57.6 Å². The molecule has 0 aliphatic heterocycles. The van der Waals surface area contributed by atoms with Gasteiger partial charge >= 0.3 is 5.97 Å². The number of carbonyl (C=O) groups is 1. The number of benzene rings is 2. The van der Waals surface area contributed by atoms with Crippen LogP contribution in [0.15, 0.2) is 40.9 Å². The maximum Gasteiger partial charge on any atom is 0.343 e. The van der Waals surface area contributed by atoms with Gasteiger partial charge in [0.05, 0.1) is 12.7 Å². The van der Waals surface area contributed by atoms with Crippen LogP contribution in [-0.4, -0.2) is 13.1 Å². The van der Waals surface area contributed by atoms with Crippen LogP contribution < -0.4 is 9.47 Å². The van der Waals surface area contributed by atoms with Gasteiger partial charge in [0.1, 0.15) is 11.5 Å². The van der Waals surface area contributed by atoms with E-state index in [9.17, 15) is 4.79 Å². The number of halogens is 1. The molecular formula is C18H19BrO3. The molecule has 0 aromatic heterocycles. The molecule has 2 aromatic rings. The van der Waals surface area contributed by atoms with Gasteiger partial charge in [-0.05, 0) is 60.4 Å². The maximum absolute atomic E-state index is 12.3. The Morgan fingerprint density at radius 1 is 1.14 bits per heavy atom. The summed E-state index contributed by atoms with van der Waals surface area (Å²) in [5.41, 5.74) is 2.52. The quantitative estimate of drug-likeness (QED) is 0.559. The summed E-state index contributed by atoms with van der Waals surface area (Å²) in [7, 11) is 1.59. The first kappa shape index (κ1) is 16.6. The van der Waals surface area contributed by atoms with E-state index in [-0.39, 0.29) is 5.97 Å². The average Bonchev–Trinajstić information content (AvgIpc) is 2.49. The fourth-order valence-corrected chi connectivity index (χ4v) is 3.02. The van der Waals surface area contributed by atoms with E-state index in [1.165, 1.54) is 0 Å². The standard InChI is InChI=1S/C18H19BrO3/c1-11(2)15-10-17(12(3)9-16(15)19)22-18(20)13-5-7-14(21-4)8-6-13/h5-11H,1-4H3. The lowest BCUT2D eigenvalue weighted by molar-refractivity contribution is 0.0733. The predicted molar refractivity (Wildman–Crippen MR) is 90.9 cm³/mol. The summed E-state index contributed by atoms with van der Waals surface area (Å²) in [5, 5.41) is 0. The summed E-state index contributed by atoms with van der Waals surface area (Å²) in [5.74, 6) is 1.27. The first-order valence-electron chi connectivity index (χ1n) is 7.08. The van der Waals surface area contributed by atoms with Gasteiger partial charge in [0, 0.05) is 4.47 Å². The number of hydrogen-bond donors (Lipinski definition) is 0. The predicted octanol–water partition coefficient (Wildman–Crippen LogP) is 5.11. The van der Waals surface area contributed by atoms with Crippen LogP contribution >= 0.6 is 15.9 Å². The van der Waals surface area contributed by atoms with Crippen molar-refractivity contribution in [3.8, 4) is 11.5 Å². The molecule has 0 saturated heterocycles. The van der Waals surface area contributed by atoms with Gasteiger partial charge in [-0.2, -0.15) is 0 Å². The number of carbonyl (C=O) groups excluding carboxylic acids is 1. The molecule has 0 aliphatic rings. The van der Waals surface area contributed by atoms with Gasteiger partial charge in [-0.3, -0.25) is 0 Å². The number of rotatable bonds is 4. The average molecular weight is 363 g/mol. The molecule has 0 aliphatic carbocycles. The number of methoxy groups -OCH3 is 1. The van der Waals surface area contributed by atoms with Crippen molar-refractivity contribution in [2.45, 2.75) is 26.7 Å². The fraction of sp³-hybridized carbons (Fsp3) is 0.278. The Balaban J connectivity index is 2.25. The Morgan fingerprint density at radius 3 is 2.32 bits per heavy atom. The molecule has 0 radical (unpaired) electrons. The third-order valence-electron chi connectivity index (χ3n) is 3.44. The second-order valence-corrected chi connectivity index (χ2v) is 6.27. The minimum absolute atomic E-state index is 0.341. The van der Waals surface area contributed by atoms with Gasteiger partial charge in [-0.15, -0.1) is 0 Å². The molecule has 0 N–H and O–H groups in total. The first-order valence-corrected chi connectivity index (χ1v) is 7.88. The lowest BCUT2D eigenvalue weighted by Crippen LogP contribution is -2.09. The molecule has 22 heavy (non-hydrogen) atoms. The van der Waals surface area contributed by atoms with Gasteiger partial charge in [-0.1, -0.05) is 29.8 Å². The summed E-state index contributed by atoms with van der Waals surface area (Å²) < 4.78 is 11.7. The smallest absolute Gasteiger partial charge is 0.343 e. The van der Waals surface area contributed by atoms with E-state index in [0.717, 1.165) is 15.6 Å². The van der Waals surface area contributed by atoms with Gasteiger partial charge in [-0.25, -0.2) is 4.79 Å². The Bertz CT molecular complexity index is 675. The van der Waals surface area contributed by atoms with Crippen LogP contribution in [-0.2, 0) is 0 Å². The van der Waals surface area contributed by atoms with Crippen molar-refractivity contribution >= 4 is 21.9 Å². The van der Waals surface area contributed by atoms with Crippen LogP contribution in [0.4, 0.5) is 0 Å². The molecule has 0 saturated carbocycles. The second kappa shape index (κ2) is 6.97. The van der Waals surface area contributed by atoms with Crippen molar-refractivity contribution in [2.75, 3.05) is 7.11 Å².